The Kier molecular flexibility index (Phi) is 6.29. The minimum Gasteiger partial charge on any atom is -0.307 e. The molecular formula is C24H30ClNOS. The van der Waals surface area contributed by atoms with Gasteiger partial charge < -0.3 is 5.32 Å². The number of halogens is 1. The van der Waals surface area contributed by atoms with Crippen molar-refractivity contribution in [2.24, 2.45) is 5.92 Å². The summed E-state index contributed by atoms with van der Waals surface area (Å²) in [5.41, 5.74) is 2.05. The van der Waals surface area contributed by atoms with Gasteiger partial charge in [-0.2, -0.15) is 0 Å². The van der Waals surface area contributed by atoms with E-state index < -0.39 is 0 Å². The van der Waals surface area contributed by atoms with Gasteiger partial charge in [-0.15, -0.1) is 0 Å². The second-order valence-electron chi connectivity index (χ2n) is 9.31. The smallest absolute Gasteiger partial charge is 0.163 e. The maximum atomic E-state index is 12.9. The average Bonchev–Trinajstić information content (AvgIpc) is 2.55. The van der Waals surface area contributed by atoms with Crippen LogP contribution in [0.25, 0.3) is 0 Å². The number of ketones is 1. The van der Waals surface area contributed by atoms with Crippen LogP contribution >= 0.6 is 23.4 Å². The Labute approximate surface area is 178 Å². The van der Waals surface area contributed by atoms with Crippen molar-refractivity contribution in [1.29, 1.82) is 0 Å². The maximum Gasteiger partial charge on any atom is 0.163 e. The molecule has 2 aromatic rings. The van der Waals surface area contributed by atoms with E-state index in [9.17, 15) is 4.79 Å². The Morgan fingerprint density at radius 1 is 1.07 bits per heavy atom. The fourth-order valence-electron chi connectivity index (χ4n) is 4.60. The number of benzene rings is 2. The highest BCUT2D eigenvalue weighted by Gasteiger charge is 2.38. The average molecular weight is 416 g/mol. The molecule has 0 atom stereocenters. The van der Waals surface area contributed by atoms with Gasteiger partial charge in [-0.3, -0.25) is 4.79 Å². The summed E-state index contributed by atoms with van der Waals surface area (Å²) in [7, 11) is 0. The molecule has 0 bridgehead atoms. The van der Waals surface area contributed by atoms with Crippen molar-refractivity contribution in [3.05, 3.63) is 58.6 Å². The lowest BCUT2D eigenvalue weighted by molar-refractivity contribution is 0.0864. The fourth-order valence-corrected chi connectivity index (χ4v) is 5.81. The highest BCUT2D eigenvalue weighted by molar-refractivity contribution is 7.99. The van der Waals surface area contributed by atoms with Crippen molar-refractivity contribution in [3.8, 4) is 0 Å². The molecule has 2 nitrogen and oxygen atoms in total. The predicted octanol–water partition coefficient (Wildman–Crippen LogP) is 6.93. The molecule has 3 rings (SSSR count). The first kappa shape index (κ1) is 21.4. The van der Waals surface area contributed by atoms with Crippen LogP contribution < -0.4 is 5.32 Å². The van der Waals surface area contributed by atoms with Gasteiger partial charge in [-0.1, -0.05) is 47.6 Å². The summed E-state index contributed by atoms with van der Waals surface area (Å²) in [5.74, 6) is 0.575. The molecular weight excluding hydrogens is 386 g/mol. The van der Waals surface area contributed by atoms with Crippen LogP contribution in [0.1, 0.15) is 62.9 Å². The third-order valence-corrected chi connectivity index (χ3v) is 6.99. The molecule has 1 aliphatic heterocycles. The zero-order chi connectivity index (χ0) is 20.5. The van der Waals surface area contributed by atoms with Crippen molar-refractivity contribution in [3.63, 3.8) is 0 Å². The predicted molar refractivity (Wildman–Crippen MR) is 120 cm³/mol. The number of hydrogen-bond donors (Lipinski definition) is 1. The molecule has 0 unspecified atom stereocenters. The molecule has 150 valence electrons. The van der Waals surface area contributed by atoms with Crippen molar-refractivity contribution >= 4 is 29.1 Å². The molecule has 1 heterocycles. The van der Waals surface area contributed by atoms with E-state index in [2.05, 4.69) is 52.1 Å². The molecule has 0 aliphatic carbocycles. The van der Waals surface area contributed by atoms with Gasteiger partial charge in [-0.05, 0) is 77.1 Å². The van der Waals surface area contributed by atoms with Crippen LogP contribution in [0.3, 0.4) is 0 Å². The lowest BCUT2D eigenvalue weighted by atomic mass is 9.74. The number of piperidine rings is 1. The minimum atomic E-state index is 0.0540. The Balaban J connectivity index is 1.71. The number of aryl methyl sites for hydroxylation is 1. The number of hydrogen-bond acceptors (Lipinski definition) is 3. The molecule has 2 aromatic carbocycles. The summed E-state index contributed by atoms with van der Waals surface area (Å²) in [5, 5.41) is 4.33. The van der Waals surface area contributed by atoms with Gasteiger partial charge in [0, 0.05) is 32.9 Å². The van der Waals surface area contributed by atoms with Crippen LogP contribution in [0.5, 0.6) is 0 Å². The van der Waals surface area contributed by atoms with E-state index >= 15 is 0 Å². The molecule has 1 aliphatic rings. The van der Waals surface area contributed by atoms with Crippen LogP contribution in [0.15, 0.2) is 52.3 Å². The zero-order valence-electron chi connectivity index (χ0n) is 17.4. The van der Waals surface area contributed by atoms with E-state index in [1.54, 1.807) is 11.8 Å². The Morgan fingerprint density at radius 3 is 2.32 bits per heavy atom. The Hall–Kier alpha value is -1.29. The number of nitrogens with one attached hydrogen (secondary N) is 1. The van der Waals surface area contributed by atoms with Gasteiger partial charge >= 0.3 is 0 Å². The number of rotatable bonds is 5. The molecule has 1 fully saturated rings. The normalized spacial score (nSPS) is 18.8. The van der Waals surface area contributed by atoms with E-state index in [0.29, 0.717) is 22.9 Å². The SMILES string of the molecule is Cc1ccccc1Sc1ccc(C(=O)CC2CC(C)(C)NC(C)(C)C2)cc1Cl. The summed E-state index contributed by atoms with van der Waals surface area (Å²) in [6, 6.07) is 14.0. The van der Waals surface area contributed by atoms with Gasteiger partial charge in [0.25, 0.3) is 0 Å². The number of carbonyl (C=O) groups is 1. The van der Waals surface area contributed by atoms with Crippen molar-refractivity contribution in [1.82, 2.24) is 5.32 Å². The van der Waals surface area contributed by atoms with E-state index in [1.165, 1.54) is 10.5 Å². The van der Waals surface area contributed by atoms with Crippen LogP contribution in [0.2, 0.25) is 5.02 Å². The number of Topliss-reactive ketones (excluding diaryl/α,β-unsaturated/α-hetero) is 1. The summed E-state index contributed by atoms with van der Waals surface area (Å²) < 4.78 is 0. The van der Waals surface area contributed by atoms with Crippen LogP contribution in [-0.4, -0.2) is 16.9 Å². The highest BCUT2D eigenvalue weighted by Crippen LogP contribution is 2.37. The molecule has 1 N–H and O–H groups in total. The van der Waals surface area contributed by atoms with Crippen LogP contribution in [0, 0.1) is 12.8 Å². The second-order valence-corrected chi connectivity index (χ2v) is 10.8. The van der Waals surface area contributed by atoms with E-state index in [-0.39, 0.29) is 16.9 Å². The molecule has 0 radical (unpaired) electrons. The molecule has 4 heteroatoms. The van der Waals surface area contributed by atoms with Crippen LogP contribution in [-0.2, 0) is 0 Å². The molecule has 0 saturated carbocycles. The number of carbonyl (C=O) groups excluding carboxylic acids is 1. The third kappa shape index (κ3) is 5.40. The summed E-state index contributed by atoms with van der Waals surface area (Å²) in [4.78, 5) is 15.1. The van der Waals surface area contributed by atoms with Crippen LogP contribution in [0.4, 0.5) is 0 Å². The summed E-state index contributed by atoms with van der Waals surface area (Å²) in [6.45, 7) is 11.0. The van der Waals surface area contributed by atoms with Gasteiger partial charge in [0.05, 0.1) is 5.02 Å². The van der Waals surface area contributed by atoms with Crippen molar-refractivity contribution in [2.45, 2.75) is 74.7 Å². The maximum absolute atomic E-state index is 12.9. The first-order valence-corrected chi connectivity index (χ1v) is 11.1. The van der Waals surface area contributed by atoms with Crippen molar-refractivity contribution < 1.29 is 4.79 Å². The summed E-state index contributed by atoms with van der Waals surface area (Å²) >= 11 is 8.17. The van der Waals surface area contributed by atoms with Gasteiger partial charge in [-0.25, -0.2) is 0 Å². The molecule has 0 spiro atoms. The standard InChI is InChI=1S/C24H30ClNOS/c1-16-8-6-7-9-21(16)28-22-11-10-18(13-19(22)25)20(27)12-17-14-23(2,3)26-24(4,5)15-17/h6-11,13,17,26H,12,14-15H2,1-5H3. The zero-order valence-corrected chi connectivity index (χ0v) is 19.0. The fraction of sp³-hybridized carbons (Fsp3) is 0.458. The van der Waals surface area contributed by atoms with Gasteiger partial charge in [0.2, 0.25) is 0 Å². The van der Waals surface area contributed by atoms with E-state index in [4.69, 9.17) is 11.6 Å². The Bertz CT molecular complexity index is 859. The molecule has 0 amide bonds. The Morgan fingerprint density at radius 2 is 1.71 bits per heavy atom. The highest BCUT2D eigenvalue weighted by atomic mass is 35.5. The first-order chi connectivity index (χ1) is 13.0. The molecule has 28 heavy (non-hydrogen) atoms. The first-order valence-electron chi connectivity index (χ1n) is 9.90. The lowest BCUT2D eigenvalue weighted by Gasteiger charge is -2.46. The van der Waals surface area contributed by atoms with Gasteiger partial charge in [0.1, 0.15) is 0 Å². The molecule has 0 aromatic heterocycles. The van der Waals surface area contributed by atoms with E-state index in [1.807, 2.05) is 30.3 Å². The second kappa shape index (κ2) is 8.22. The lowest BCUT2D eigenvalue weighted by Crippen LogP contribution is -2.57. The van der Waals surface area contributed by atoms with Gasteiger partial charge in [0.15, 0.2) is 5.78 Å². The van der Waals surface area contributed by atoms with E-state index in [0.717, 1.165) is 17.7 Å². The summed E-state index contributed by atoms with van der Waals surface area (Å²) in [6.07, 6.45) is 2.60. The topological polar surface area (TPSA) is 29.1 Å². The third-order valence-electron chi connectivity index (χ3n) is 5.32. The van der Waals surface area contributed by atoms with Crippen molar-refractivity contribution in [2.75, 3.05) is 0 Å². The monoisotopic (exact) mass is 415 g/mol. The quantitative estimate of drug-likeness (QED) is 0.536. The largest absolute Gasteiger partial charge is 0.307 e. The molecule has 1 saturated heterocycles. The minimum absolute atomic E-state index is 0.0540.